The Bertz CT molecular complexity index is 489. The van der Waals surface area contributed by atoms with Gasteiger partial charge in [-0.25, -0.2) is 0 Å². The van der Waals surface area contributed by atoms with E-state index in [1.807, 2.05) is 0 Å². The third-order valence-corrected chi connectivity index (χ3v) is 12.4. The van der Waals surface area contributed by atoms with Gasteiger partial charge < -0.3 is 12.4 Å². The first-order valence-corrected chi connectivity index (χ1v) is 24.0. The van der Waals surface area contributed by atoms with Crippen LogP contribution in [0.15, 0.2) is 0 Å². The van der Waals surface area contributed by atoms with Crippen molar-refractivity contribution in [2.45, 2.75) is 252 Å². The van der Waals surface area contributed by atoms with Crippen LogP contribution in [0.3, 0.4) is 0 Å². The average molecular weight is 722 g/mol. The van der Waals surface area contributed by atoms with Crippen LogP contribution in [0.1, 0.15) is 252 Å². The molecule has 0 fully saturated rings. The van der Waals surface area contributed by atoms with Crippen molar-refractivity contribution < 1.29 is 34.5 Å². The first-order valence-electron chi connectivity index (χ1n) is 21.8. The molecule has 5 heteroatoms. The second-order valence-electron chi connectivity index (χ2n) is 14.7. The van der Waals surface area contributed by atoms with Gasteiger partial charge in [0.05, 0.1) is 0 Å². The first kappa shape index (κ1) is 50.0. The molecule has 0 aromatic carbocycles. The quantitative estimate of drug-likeness (QED) is 0.0486. The van der Waals surface area contributed by atoms with Crippen LogP contribution in [-0.2, 0) is 22.1 Å². The van der Waals surface area contributed by atoms with Crippen molar-refractivity contribution in [3.8, 4) is 0 Å². The monoisotopic (exact) mass is 721 g/mol. The van der Waals surface area contributed by atoms with E-state index in [9.17, 15) is 0 Å². The number of unbranched alkanes of at least 4 members (excludes halogenated alkanes) is 33. The van der Waals surface area contributed by atoms with E-state index in [0.29, 0.717) is 0 Å². The molecule has 0 aliphatic rings. The topological polar surface area (TPSA) is 33.3 Å². The van der Waals surface area contributed by atoms with Gasteiger partial charge in [-0.15, -0.1) is 0 Å². The number of nitrogens with one attached hydrogen (secondary N) is 2. The maximum atomic E-state index is 6.39. The molecule has 0 aliphatic carbocycles. The fraction of sp³-hybridized carbons (Fsp3) is 1.00. The van der Waals surface area contributed by atoms with E-state index in [2.05, 4.69) is 28.4 Å². The smallest absolute Gasteiger partial charge is 1.00 e. The normalized spacial score (nSPS) is 11.3. The fourth-order valence-corrected chi connectivity index (χ4v) is 8.94. The molecule has 0 bridgehead atoms. The van der Waals surface area contributed by atoms with E-state index >= 15 is 0 Å². The minimum atomic E-state index is -1.78. The van der Waals surface area contributed by atoms with Gasteiger partial charge in [0.2, 0.25) is 0 Å². The average Bonchev–Trinajstić information content (AvgIpc) is 3.07. The van der Waals surface area contributed by atoms with Gasteiger partial charge in [0, 0.05) is 0 Å². The molecule has 0 unspecified atom stereocenters. The predicted octanol–water partition coefficient (Wildman–Crippen LogP) is 11.7. The summed E-state index contributed by atoms with van der Waals surface area (Å²) in [7, 11) is 0. The van der Waals surface area contributed by atoms with Gasteiger partial charge in [0.25, 0.3) is 0 Å². The number of halogens is 1. The number of rotatable bonds is 42. The van der Waals surface area contributed by atoms with E-state index < -0.39 is 18.8 Å². The van der Waals surface area contributed by atoms with Crippen LogP contribution in [-0.4, -0.2) is 19.7 Å². The van der Waals surface area contributed by atoms with Crippen LogP contribution < -0.4 is 20.0 Å². The van der Waals surface area contributed by atoms with Gasteiger partial charge >= 0.3 is 210 Å². The zero-order valence-electron chi connectivity index (χ0n) is 32.9. The van der Waals surface area contributed by atoms with E-state index in [0.717, 1.165) is 19.7 Å². The van der Waals surface area contributed by atoms with Crippen LogP contribution in [0, 0.1) is 0 Å². The molecule has 0 radical (unpaired) electrons. The Hall–Kier alpha value is 0.884. The number of hydrogen-bond acceptors (Lipinski definition) is 3. The summed E-state index contributed by atoms with van der Waals surface area (Å²) in [5.74, 6) is 0. The maximum Gasteiger partial charge on any atom is -1.00 e. The molecule has 2 N–H and O–H groups in total. The largest absolute Gasteiger partial charge is 1.00 e. The molecule has 0 rings (SSSR count). The van der Waals surface area contributed by atoms with Gasteiger partial charge in [0.15, 0.2) is 0 Å². The molecule has 3 nitrogen and oxygen atoms in total. The molecule has 0 aromatic heterocycles. The molecular formula is C42H89ClN2OTi. The Morgan fingerprint density at radius 2 is 0.511 bits per heavy atom. The summed E-state index contributed by atoms with van der Waals surface area (Å²) in [6.45, 7) is 10.2. The van der Waals surface area contributed by atoms with Gasteiger partial charge in [-0.05, 0) is 0 Å². The molecule has 0 aliphatic heterocycles. The van der Waals surface area contributed by atoms with E-state index in [-0.39, 0.29) is 12.4 Å². The minimum Gasteiger partial charge on any atom is -1.00 e. The summed E-state index contributed by atoms with van der Waals surface area (Å²) in [6, 6.07) is 0. The van der Waals surface area contributed by atoms with Gasteiger partial charge in [-0.2, -0.15) is 0 Å². The Kier molecular flexibility index (Phi) is 49.9. The summed E-state index contributed by atoms with van der Waals surface area (Å²) in [5.41, 5.74) is 0. The molecule has 0 saturated heterocycles. The second kappa shape index (κ2) is 46.9. The Balaban J connectivity index is 0. The third kappa shape index (κ3) is 44.9. The van der Waals surface area contributed by atoms with Crippen molar-refractivity contribution in [3.05, 3.63) is 0 Å². The van der Waals surface area contributed by atoms with Crippen LogP contribution >= 0.6 is 0 Å². The van der Waals surface area contributed by atoms with E-state index in [1.165, 1.54) is 231 Å². The van der Waals surface area contributed by atoms with Crippen LogP contribution in [0.5, 0.6) is 0 Å². The molecular weight excluding hydrogens is 632 g/mol. The fourth-order valence-electron chi connectivity index (χ4n) is 6.62. The van der Waals surface area contributed by atoms with Crippen LogP contribution in [0.2, 0.25) is 0 Å². The molecule has 0 saturated carbocycles. The Morgan fingerprint density at radius 1 is 0.298 bits per heavy atom. The van der Waals surface area contributed by atoms with E-state index in [1.54, 1.807) is 0 Å². The summed E-state index contributed by atoms with van der Waals surface area (Å²) in [6.07, 6.45) is 51.2. The number of hydrogen-bond donors (Lipinski definition) is 2. The summed E-state index contributed by atoms with van der Waals surface area (Å²) < 4.78 is 14.1. The SMILES string of the molecule is CCCCCCCCCCCCCCCCCC[NH][Ti+]([NH]CCCCCCCCCCCCCCCCCC)[O]CCCCCC.[Cl-]. The molecule has 0 aromatic rings. The van der Waals surface area contributed by atoms with E-state index in [4.69, 9.17) is 3.32 Å². The van der Waals surface area contributed by atoms with Gasteiger partial charge in [-0.3, -0.25) is 0 Å². The van der Waals surface area contributed by atoms with Crippen molar-refractivity contribution in [1.82, 2.24) is 7.60 Å². The third-order valence-electron chi connectivity index (χ3n) is 9.88. The van der Waals surface area contributed by atoms with Crippen molar-refractivity contribution in [2.75, 3.05) is 19.7 Å². The summed E-state index contributed by atoms with van der Waals surface area (Å²) in [4.78, 5) is 0. The predicted molar refractivity (Wildman–Crippen MR) is 205 cm³/mol. The first-order chi connectivity index (χ1) is 22.8. The molecule has 0 spiro atoms. The van der Waals surface area contributed by atoms with Gasteiger partial charge in [0.1, 0.15) is 0 Å². The summed E-state index contributed by atoms with van der Waals surface area (Å²) >= 11 is -1.78. The minimum absolute atomic E-state index is 0. The maximum absolute atomic E-state index is 6.39. The van der Waals surface area contributed by atoms with Crippen LogP contribution in [0.4, 0.5) is 0 Å². The second-order valence-corrected chi connectivity index (χ2v) is 17.3. The molecule has 0 amide bonds. The van der Waals surface area contributed by atoms with Crippen molar-refractivity contribution in [3.63, 3.8) is 0 Å². The Labute approximate surface area is 312 Å². The van der Waals surface area contributed by atoms with Crippen molar-refractivity contribution >= 4 is 0 Å². The van der Waals surface area contributed by atoms with Gasteiger partial charge in [-0.1, -0.05) is 90.9 Å². The molecule has 0 heterocycles. The zero-order valence-corrected chi connectivity index (χ0v) is 35.2. The van der Waals surface area contributed by atoms with Crippen molar-refractivity contribution in [2.24, 2.45) is 0 Å². The molecule has 284 valence electrons. The molecule has 0 atom stereocenters. The standard InChI is InChI=1S/2C18H38N.C6H13O.ClH.Ti/c2*1-2-3-4-5-6-7-8-9-10-11-12-13-14-15-16-17-18-19;1-2-3-4-5-6-7;;/h2*19H,2-18H2,1H3;2-6H2,1H3;1H;/q3*-1;;+4/p-1. The van der Waals surface area contributed by atoms with Crippen molar-refractivity contribution in [1.29, 1.82) is 0 Å². The van der Waals surface area contributed by atoms with Crippen LogP contribution in [0.25, 0.3) is 0 Å². The Morgan fingerprint density at radius 3 is 0.766 bits per heavy atom. The molecule has 47 heavy (non-hydrogen) atoms. The summed E-state index contributed by atoms with van der Waals surface area (Å²) in [5, 5.41) is 0. The zero-order chi connectivity index (χ0) is 33.3.